The highest BCUT2D eigenvalue weighted by Crippen LogP contribution is 2.27. The minimum Gasteiger partial charge on any atom is -0.464 e. The lowest BCUT2D eigenvalue weighted by atomic mass is 10.1. The van der Waals surface area contributed by atoms with Gasteiger partial charge in [0, 0.05) is 0 Å². The Labute approximate surface area is 157 Å². The molecule has 2 aromatic heterocycles. The van der Waals surface area contributed by atoms with Gasteiger partial charge in [0.25, 0.3) is 0 Å². The van der Waals surface area contributed by atoms with Crippen molar-refractivity contribution in [2.45, 2.75) is 64.8 Å². The maximum atomic E-state index is 12.4. The molecule has 8 heteroatoms. The third-order valence-electron chi connectivity index (χ3n) is 4.08. The zero-order valence-electron chi connectivity index (χ0n) is 14.7. The van der Waals surface area contributed by atoms with E-state index in [1.54, 1.807) is 17.8 Å². The van der Waals surface area contributed by atoms with Crippen LogP contribution in [0.3, 0.4) is 0 Å². The molecular weight excluding hydrogens is 363 g/mol. The summed E-state index contributed by atoms with van der Waals surface area (Å²) in [5.74, 6) is -0.290. The van der Waals surface area contributed by atoms with E-state index in [1.807, 2.05) is 0 Å². The maximum absolute atomic E-state index is 12.4. The molecule has 1 unspecified atom stereocenters. The van der Waals surface area contributed by atoms with Gasteiger partial charge < -0.3 is 9.30 Å². The van der Waals surface area contributed by atoms with Gasteiger partial charge in [0.15, 0.2) is 10.8 Å². The van der Waals surface area contributed by atoms with E-state index >= 15 is 0 Å². The number of hydrogen-bond donors (Lipinski definition) is 0. The van der Waals surface area contributed by atoms with Crippen molar-refractivity contribution in [1.29, 1.82) is 0 Å². The standard InChI is InChI=1S/C17H24Cl2N4O2/c1-3-5-6-7-8-9-10-12(16(24)25-4-2)23-11-20-15-13(23)14(18)21-17(19)22-15/h11-12H,3-10H2,1-2H3. The lowest BCUT2D eigenvalue weighted by Gasteiger charge is -2.18. The van der Waals surface area contributed by atoms with Crippen LogP contribution in [0.2, 0.25) is 10.4 Å². The SMILES string of the molecule is CCCCCCCCC(C(=O)OCC)n1cnc2nc(Cl)nc(Cl)c21. The number of fused-ring (bicyclic) bond motifs is 1. The lowest BCUT2D eigenvalue weighted by molar-refractivity contribution is -0.147. The number of carbonyl (C=O) groups excluding carboxylic acids is 1. The molecule has 0 aliphatic carbocycles. The second kappa shape index (κ2) is 9.92. The summed E-state index contributed by atoms with van der Waals surface area (Å²) < 4.78 is 6.94. The summed E-state index contributed by atoms with van der Waals surface area (Å²) in [6.07, 6.45) is 9.10. The number of imidazole rings is 1. The summed E-state index contributed by atoms with van der Waals surface area (Å²) in [6, 6.07) is -0.488. The molecule has 25 heavy (non-hydrogen) atoms. The quantitative estimate of drug-likeness (QED) is 0.249. The van der Waals surface area contributed by atoms with Crippen molar-refractivity contribution < 1.29 is 9.53 Å². The largest absolute Gasteiger partial charge is 0.464 e. The van der Waals surface area contributed by atoms with Crippen LogP contribution in [0.4, 0.5) is 0 Å². The summed E-state index contributed by atoms with van der Waals surface area (Å²) in [6.45, 7) is 4.31. The zero-order valence-corrected chi connectivity index (χ0v) is 16.2. The third-order valence-corrected chi connectivity index (χ3v) is 4.52. The molecule has 0 saturated carbocycles. The molecule has 0 bridgehead atoms. The summed E-state index contributed by atoms with van der Waals surface area (Å²) in [7, 11) is 0. The molecule has 0 amide bonds. The van der Waals surface area contributed by atoms with Crippen molar-refractivity contribution in [1.82, 2.24) is 19.5 Å². The number of carbonyl (C=O) groups is 1. The van der Waals surface area contributed by atoms with E-state index in [-0.39, 0.29) is 16.4 Å². The molecule has 1 atom stereocenters. The van der Waals surface area contributed by atoms with Crippen LogP contribution in [0.5, 0.6) is 0 Å². The summed E-state index contributed by atoms with van der Waals surface area (Å²) in [5, 5.41) is 0.219. The van der Waals surface area contributed by atoms with E-state index < -0.39 is 6.04 Å². The molecule has 0 radical (unpaired) electrons. The van der Waals surface area contributed by atoms with Crippen molar-refractivity contribution in [2.75, 3.05) is 6.61 Å². The monoisotopic (exact) mass is 386 g/mol. The first kappa shape index (κ1) is 19.9. The van der Waals surface area contributed by atoms with Crippen LogP contribution < -0.4 is 0 Å². The number of aromatic nitrogens is 4. The molecule has 2 aromatic rings. The lowest BCUT2D eigenvalue weighted by Crippen LogP contribution is -2.22. The maximum Gasteiger partial charge on any atom is 0.329 e. The number of hydrogen-bond acceptors (Lipinski definition) is 5. The van der Waals surface area contributed by atoms with Gasteiger partial charge in [0.1, 0.15) is 11.6 Å². The van der Waals surface area contributed by atoms with Gasteiger partial charge in [0.05, 0.1) is 12.9 Å². The predicted octanol–water partition coefficient (Wildman–Crippen LogP) is 4.99. The van der Waals surface area contributed by atoms with E-state index in [9.17, 15) is 4.79 Å². The Balaban J connectivity index is 2.17. The van der Waals surface area contributed by atoms with E-state index in [0.29, 0.717) is 24.2 Å². The van der Waals surface area contributed by atoms with Crippen LogP contribution in [-0.2, 0) is 9.53 Å². The van der Waals surface area contributed by atoms with Gasteiger partial charge >= 0.3 is 5.97 Å². The number of nitrogens with zero attached hydrogens (tertiary/aromatic N) is 4. The number of unbranched alkanes of at least 4 members (excludes halogenated alkanes) is 5. The Morgan fingerprint density at radius 1 is 1.16 bits per heavy atom. The Morgan fingerprint density at radius 3 is 2.60 bits per heavy atom. The van der Waals surface area contributed by atoms with Gasteiger partial charge in [-0.15, -0.1) is 0 Å². The van der Waals surface area contributed by atoms with Crippen molar-refractivity contribution in [3.05, 3.63) is 16.8 Å². The molecule has 0 saturated heterocycles. The molecule has 0 aromatic carbocycles. The first-order chi connectivity index (χ1) is 12.1. The average molecular weight is 387 g/mol. The van der Waals surface area contributed by atoms with Crippen LogP contribution in [0.15, 0.2) is 6.33 Å². The van der Waals surface area contributed by atoms with Crippen molar-refractivity contribution in [3.63, 3.8) is 0 Å². The van der Waals surface area contributed by atoms with Gasteiger partial charge in [0.2, 0.25) is 5.28 Å². The summed E-state index contributed by atoms with van der Waals surface area (Å²) in [4.78, 5) is 24.7. The molecular formula is C17H24Cl2N4O2. The van der Waals surface area contributed by atoms with Crippen molar-refractivity contribution in [3.8, 4) is 0 Å². The second-order valence-corrected chi connectivity index (χ2v) is 6.63. The van der Waals surface area contributed by atoms with Crippen LogP contribution >= 0.6 is 23.2 Å². The van der Waals surface area contributed by atoms with Gasteiger partial charge in [-0.25, -0.2) is 14.8 Å². The van der Waals surface area contributed by atoms with E-state index in [4.69, 9.17) is 27.9 Å². The molecule has 0 aliphatic rings. The number of esters is 1. The molecule has 2 heterocycles. The fourth-order valence-corrected chi connectivity index (χ4v) is 3.31. The van der Waals surface area contributed by atoms with Crippen molar-refractivity contribution >= 4 is 40.3 Å². The number of rotatable bonds is 10. The fraction of sp³-hybridized carbons (Fsp3) is 0.647. The van der Waals surface area contributed by atoms with Crippen LogP contribution in [0, 0.1) is 0 Å². The van der Waals surface area contributed by atoms with Crippen LogP contribution in [0.25, 0.3) is 11.2 Å². The van der Waals surface area contributed by atoms with Crippen LogP contribution in [-0.4, -0.2) is 32.1 Å². The zero-order chi connectivity index (χ0) is 18.2. The van der Waals surface area contributed by atoms with E-state index in [0.717, 1.165) is 12.8 Å². The fourth-order valence-electron chi connectivity index (χ4n) is 2.84. The molecule has 0 spiro atoms. The van der Waals surface area contributed by atoms with Crippen LogP contribution in [0.1, 0.15) is 64.8 Å². The minimum atomic E-state index is -0.488. The molecule has 0 fully saturated rings. The molecule has 2 rings (SSSR count). The van der Waals surface area contributed by atoms with E-state index in [1.165, 1.54) is 25.7 Å². The number of ether oxygens (including phenoxy) is 1. The molecule has 6 nitrogen and oxygen atoms in total. The third kappa shape index (κ3) is 5.28. The Kier molecular flexibility index (Phi) is 7.90. The highest BCUT2D eigenvalue weighted by Gasteiger charge is 2.25. The topological polar surface area (TPSA) is 69.9 Å². The normalized spacial score (nSPS) is 12.5. The Morgan fingerprint density at radius 2 is 1.88 bits per heavy atom. The van der Waals surface area contributed by atoms with E-state index in [2.05, 4.69) is 21.9 Å². The van der Waals surface area contributed by atoms with Gasteiger partial charge in [-0.3, -0.25) is 0 Å². The summed E-state index contributed by atoms with van der Waals surface area (Å²) in [5.41, 5.74) is 0.886. The highest BCUT2D eigenvalue weighted by molar-refractivity contribution is 6.35. The first-order valence-corrected chi connectivity index (χ1v) is 9.56. The number of halogens is 2. The summed E-state index contributed by atoms with van der Waals surface area (Å²) >= 11 is 12.0. The van der Waals surface area contributed by atoms with Crippen molar-refractivity contribution in [2.24, 2.45) is 0 Å². The molecule has 0 aliphatic heterocycles. The minimum absolute atomic E-state index is 0.0337. The van der Waals surface area contributed by atoms with Gasteiger partial charge in [-0.05, 0) is 24.9 Å². The molecule has 138 valence electrons. The van der Waals surface area contributed by atoms with Gasteiger partial charge in [-0.2, -0.15) is 4.98 Å². The Bertz CT molecular complexity index is 705. The highest BCUT2D eigenvalue weighted by atomic mass is 35.5. The smallest absolute Gasteiger partial charge is 0.329 e. The average Bonchev–Trinajstić information content (AvgIpc) is 2.98. The first-order valence-electron chi connectivity index (χ1n) is 8.80. The second-order valence-electron chi connectivity index (χ2n) is 5.93. The molecule has 0 N–H and O–H groups in total. The van der Waals surface area contributed by atoms with Gasteiger partial charge in [-0.1, -0.05) is 57.0 Å². The Hall–Kier alpha value is -1.40. The predicted molar refractivity (Wildman–Crippen MR) is 99.0 cm³/mol.